The summed E-state index contributed by atoms with van der Waals surface area (Å²) in [6.45, 7) is 5.00. The summed E-state index contributed by atoms with van der Waals surface area (Å²) in [6.07, 6.45) is 2.79. The second-order valence-corrected chi connectivity index (χ2v) is 6.03. The highest BCUT2D eigenvalue weighted by molar-refractivity contribution is 7.17. The Morgan fingerprint density at radius 2 is 2.20 bits per heavy atom. The van der Waals surface area contributed by atoms with Crippen LogP contribution in [0.25, 0.3) is 0 Å². The molecule has 4 heteroatoms. The first-order valence-electron chi connectivity index (χ1n) is 6.85. The Kier molecular flexibility index (Phi) is 4.90. The summed E-state index contributed by atoms with van der Waals surface area (Å²) in [6, 6.07) is 8.46. The number of aromatic nitrogens is 1. The number of nitrogens with zero attached hydrogens (tertiary/aromatic N) is 2. The fourth-order valence-electron chi connectivity index (χ4n) is 2.17. The predicted octanol–water partition coefficient (Wildman–Crippen LogP) is 3.85. The minimum atomic E-state index is 0.762. The molecule has 1 heterocycles. The maximum atomic E-state index is 11.1. The second-order valence-electron chi connectivity index (χ2n) is 5.02. The summed E-state index contributed by atoms with van der Waals surface area (Å²) in [7, 11) is 2.02. The van der Waals surface area contributed by atoms with Crippen molar-refractivity contribution >= 4 is 22.8 Å². The molecule has 106 valence electrons. The molecule has 0 spiro atoms. The Morgan fingerprint density at radius 1 is 1.40 bits per heavy atom. The van der Waals surface area contributed by atoms with Gasteiger partial charge in [0.15, 0.2) is 11.4 Å². The lowest BCUT2D eigenvalue weighted by Gasteiger charge is -2.16. The lowest BCUT2D eigenvalue weighted by molar-refractivity contribution is 0.112. The summed E-state index contributed by atoms with van der Waals surface area (Å²) in [5.74, 6) is 0. The summed E-state index contributed by atoms with van der Waals surface area (Å²) >= 11 is 1.48. The van der Waals surface area contributed by atoms with Crippen LogP contribution in [0.3, 0.4) is 0 Å². The number of hydrogen-bond acceptors (Lipinski definition) is 4. The Hall–Kier alpha value is -1.68. The van der Waals surface area contributed by atoms with Crippen LogP contribution >= 0.6 is 11.3 Å². The molecule has 2 aromatic rings. The van der Waals surface area contributed by atoms with Crippen molar-refractivity contribution in [3.63, 3.8) is 0 Å². The Bertz CT molecular complexity index is 592. The molecule has 0 unspecified atom stereocenters. The minimum Gasteiger partial charge on any atom is -0.347 e. The number of hydrogen-bond donors (Lipinski definition) is 0. The van der Waals surface area contributed by atoms with Crippen LogP contribution < -0.4 is 4.90 Å². The van der Waals surface area contributed by atoms with E-state index in [1.165, 1.54) is 22.5 Å². The Morgan fingerprint density at radius 3 is 2.85 bits per heavy atom. The molecule has 0 aliphatic heterocycles. The Balaban J connectivity index is 2.16. The zero-order valence-electron chi connectivity index (χ0n) is 12.2. The van der Waals surface area contributed by atoms with Crippen molar-refractivity contribution in [2.24, 2.45) is 0 Å². The average molecular weight is 288 g/mol. The number of rotatable bonds is 6. The van der Waals surface area contributed by atoms with Gasteiger partial charge in [-0.05, 0) is 18.9 Å². The van der Waals surface area contributed by atoms with Gasteiger partial charge in [0.05, 0.1) is 10.6 Å². The van der Waals surface area contributed by atoms with Gasteiger partial charge in [0.2, 0.25) is 0 Å². The van der Waals surface area contributed by atoms with Crippen molar-refractivity contribution in [1.82, 2.24) is 4.98 Å². The fourth-order valence-corrected chi connectivity index (χ4v) is 3.06. The molecule has 0 amide bonds. The van der Waals surface area contributed by atoms with Gasteiger partial charge in [0, 0.05) is 13.6 Å². The third-order valence-corrected chi connectivity index (χ3v) is 4.28. The zero-order chi connectivity index (χ0) is 14.5. The highest BCUT2D eigenvalue weighted by Gasteiger charge is 2.13. The maximum absolute atomic E-state index is 11.1. The molecule has 0 saturated heterocycles. The van der Waals surface area contributed by atoms with E-state index in [0.29, 0.717) is 0 Å². The summed E-state index contributed by atoms with van der Waals surface area (Å²) in [5.41, 5.74) is 3.45. The molecule has 0 fully saturated rings. The van der Waals surface area contributed by atoms with Crippen molar-refractivity contribution < 1.29 is 4.79 Å². The molecule has 0 N–H and O–H groups in total. The van der Waals surface area contributed by atoms with Gasteiger partial charge in [0.1, 0.15) is 0 Å². The van der Waals surface area contributed by atoms with Crippen LogP contribution in [0.4, 0.5) is 5.13 Å². The van der Waals surface area contributed by atoms with Crippen LogP contribution in [-0.2, 0) is 13.0 Å². The molecule has 20 heavy (non-hydrogen) atoms. The highest BCUT2D eigenvalue weighted by atomic mass is 32.1. The number of aldehydes is 1. The Labute approximate surface area is 124 Å². The standard InChI is InChI=1S/C16H20N2OS/c1-4-6-14-15(11-19)20-16(17-14)18(3)10-13-8-5-7-12(2)9-13/h5,7-9,11H,4,6,10H2,1-3H3. The molecular formula is C16H20N2OS. The molecule has 3 nitrogen and oxygen atoms in total. The molecule has 1 aromatic heterocycles. The van der Waals surface area contributed by atoms with Gasteiger partial charge in [-0.2, -0.15) is 0 Å². The van der Waals surface area contributed by atoms with Gasteiger partial charge in [-0.25, -0.2) is 4.98 Å². The third-order valence-electron chi connectivity index (χ3n) is 3.14. The summed E-state index contributed by atoms with van der Waals surface area (Å²) in [5, 5.41) is 0.914. The van der Waals surface area contributed by atoms with Gasteiger partial charge in [-0.3, -0.25) is 4.79 Å². The van der Waals surface area contributed by atoms with Crippen LogP contribution in [-0.4, -0.2) is 18.3 Å². The first-order valence-corrected chi connectivity index (χ1v) is 7.67. The van der Waals surface area contributed by atoms with Crippen molar-refractivity contribution in [2.75, 3.05) is 11.9 Å². The first kappa shape index (κ1) is 14.7. The fraction of sp³-hybridized carbons (Fsp3) is 0.375. The second kappa shape index (κ2) is 6.66. The predicted molar refractivity (Wildman–Crippen MR) is 84.8 cm³/mol. The number of thiazole rings is 1. The minimum absolute atomic E-state index is 0.762. The quantitative estimate of drug-likeness (QED) is 0.757. The smallest absolute Gasteiger partial charge is 0.186 e. The van der Waals surface area contributed by atoms with Crippen molar-refractivity contribution in [3.8, 4) is 0 Å². The van der Waals surface area contributed by atoms with E-state index in [0.717, 1.165) is 41.4 Å². The van der Waals surface area contributed by atoms with Gasteiger partial charge in [0.25, 0.3) is 0 Å². The van der Waals surface area contributed by atoms with E-state index < -0.39 is 0 Å². The van der Waals surface area contributed by atoms with Crippen LogP contribution in [0.15, 0.2) is 24.3 Å². The summed E-state index contributed by atoms with van der Waals surface area (Å²) in [4.78, 5) is 18.6. The van der Waals surface area contributed by atoms with Gasteiger partial charge < -0.3 is 4.90 Å². The van der Waals surface area contributed by atoms with E-state index in [1.807, 2.05) is 7.05 Å². The number of benzene rings is 1. The highest BCUT2D eigenvalue weighted by Crippen LogP contribution is 2.26. The van der Waals surface area contributed by atoms with Gasteiger partial charge in [-0.15, -0.1) is 0 Å². The third kappa shape index (κ3) is 3.45. The largest absolute Gasteiger partial charge is 0.347 e. The molecule has 1 aromatic carbocycles. The average Bonchev–Trinajstić information content (AvgIpc) is 2.82. The molecule has 0 aliphatic carbocycles. The van der Waals surface area contributed by atoms with Crippen molar-refractivity contribution in [1.29, 1.82) is 0 Å². The van der Waals surface area contributed by atoms with E-state index in [1.54, 1.807) is 0 Å². The van der Waals surface area contributed by atoms with E-state index in [-0.39, 0.29) is 0 Å². The van der Waals surface area contributed by atoms with Crippen LogP contribution in [0, 0.1) is 6.92 Å². The maximum Gasteiger partial charge on any atom is 0.186 e. The molecule has 0 radical (unpaired) electrons. The van der Waals surface area contributed by atoms with Crippen molar-refractivity contribution in [3.05, 3.63) is 46.0 Å². The molecule has 0 aliphatic rings. The lowest BCUT2D eigenvalue weighted by atomic mass is 10.1. The zero-order valence-corrected chi connectivity index (χ0v) is 13.0. The van der Waals surface area contributed by atoms with E-state index in [2.05, 4.69) is 48.0 Å². The van der Waals surface area contributed by atoms with Crippen LogP contribution in [0.2, 0.25) is 0 Å². The molecule has 0 atom stereocenters. The number of carbonyl (C=O) groups is 1. The van der Waals surface area contributed by atoms with Crippen molar-refractivity contribution in [2.45, 2.75) is 33.2 Å². The normalized spacial score (nSPS) is 10.6. The lowest BCUT2D eigenvalue weighted by Crippen LogP contribution is -2.16. The van der Waals surface area contributed by atoms with E-state index in [4.69, 9.17) is 0 Å². The number of anilines is 1. The molecular weight excluding hydrogens is 268 g/mol. The first-order chi connectivity index (χ1) is 9.63. The van der Waals surface area contributed by atoms with E-state index >= 15 is 0 Å². The number of aryl methyl sites for hydroxylation is 2. The SMILES string of the molecule is CCCc1nc(N(C)Cc2cccc(C)c2)sc1C=O. The summed E-state index contributed by atoms with van der Waals surface area (Å²) < 4.78 is 0. The molecule has 2 rings (SSSR count). The van der Waals surface area contributed by atoms with Gasteiger partial charge in [-0.1, -0.05) is 54.5 Å². The molecule has 0 saturated carbocycles. The monoisotopic (exact) mass is 288 g/mol. The topological polar surface area (TPSA) is 33.2 Å². The number of carbonyl (C=O) groups excluding carboxylic acids is 1. The van der Waals surface area contributed by atoms with Crippen LogP contribution in [0.1, 0.15) is 39.8 Å². The molecule has 0 bridgehead atoms. The van der Waals surface area contributed by atoms with Crippen LogP contribution in [0.5, 0.6) is 0 Å². The van der Waals surface area contributed by atoms with E-state index in [9.17, 15) is 4.79 Å². The van der Waals surface area contributed by atoms with Gasteiger partial charge >= 0.3 is 0 Å².